The van der Waals surface area contributed by atoms with Gasteiger partial charge < -0.3 is 9.84 Å². The lowest BCUT2D eigenvalue weighted by molar-refractivity contribution is -0.145. The molecule has 0 fully saturated rings. The Morgan fingerprint density at radius 3 is 3.00 bits per heavy atom. The molecule has 8 heteroatoms. The number of ether oxygens (including phenoxy) is 1. The zero-order chi connectivity index (χ0) is 11.4. The van der Waals surface area contributed by atoms with E-state index in [9.17, 15) is 18.7 Å². The number of esters is 1. The Bertz CT molecular complexity index is 272. The Balaban J connectivity index is 2.58. The van der Waals surface area contributed by atoms with Gasteiger partial charge in [0.1, 0.15) is 6.54 Å². The van der Waals surface area contributed by atoms with E-state index in [-0.39, 0.29) is 6.61 Å². The van der Waals surface area contributed by atoms with Gasteiger partial charge in [-0.15, -0.1) is 0 Å². The molecule has 0 saturated heterocycles. The molecule has 0 radical (unpaired) electrons. The molecule has 0 bridgehead atoms. The lowest BCUT2D eigenvalue weighted by atomic mass is 10.4. The molecule has 1 heterocycles. The van der Waals surface area contributed by atoms with E-state index in [0.717, 1.165) is 4.90 Å². The van der Waals surface area contributed by atoms with Gasteiger partial charge in [-0.2, -0.15) is 5.10 Å². The van der Waals surface area contributed by atoms with E-state index in [4.69, 9.17) is 0 Å². The summed E-state index contributed by atoms with van der Waals surface area (Å²) < 4.78 is 29.2. The second-order valence-corrected chi connectivity index (χ2v) is 2.71. The smallest absolute Gasteiger partial charge is 0.325 e. The van der Waals surface area contributed by atoms with E-state index < -0.39 is 31.1 Å². The molecule has 1 atom stereocenters. The number of hydrazone groups is 1. The molecule has 0 saturated carbocycles. The number of nitrogens with zero attached hydrogens (tertiary/aromatic N) is 2. The Kier molecular flexibility index (Phi) is 3.78. The first kappa shape index (κ1) is 11.6. The van der Waals surface area contributed by atoms with Crippen molar-refractivity contribution >= 4 is 11.8 Å². The third kappa shape index (κ3) is 2.75. The van der Waals surface area contributed by atoms with Gasteiger partial charge in [0.15, 0.2) is 5.84 Å². The van der Waals surface area contributed by atoms with Crippen LogP contribution in [-0.2, 0) is 9.53 Å². The van der Waals surface area contributed by atoms with Gasteiger partial charge in [-0.3, -0.25) is 15.1 Å². The molecule has 0 spiro atoms. The number of nitrogens with one attached hydrogen (secondary N) is 1. The minimum atomic E-state index is -2.86. The summed E-state index contributed by atoms with van der Waals surface area (Å²) in [7, 11) is 0. The van der Waals surface area contributed by atoms with E-state index in [1.54, 1.807) is 6.92 Å². The van der Waals surface area contributed by atoms with Crippen LogP contribution >= 0.6 is 0 Å². The van der Waals surface area contributed by atoms with Crippen molar-refractivity contribution in [2.24, 2.45) is 5.10 Å². The van der Waals surface area contributed by atoms with Crippen LogP contribution in [0.1, 0.15) is 6.92 Å². The average molecular weight is 223 g/mol. The molecular formula is C7H11F2N3O3. The molecule has 1 aliphatic heterocycles. The lowest BCUT2D eigenvalue weighted by Gasteiger charge is -2.21. The number of halogens is 2. The van der Waals surface area contributed by atoms with E-state index in [0.29, 0.717) is 0 Å². The van der Waals surface area contributed by atoms with Gasteiger partial charge in [0, 0.05) is 0 Å². The predicted octanol–water partition coefficient (Wildman–Crippen LogP) is -0.691. The summed E-state index contributed by atoms with van der Waals surface area (Å²) in [6, 6.07) is 0. The minimum Gasteiger partial charge on any atom is -0.465 e. The van der Waals surface area contributed by atoms with Crippen molar-refractivity contribution in [2.45, 2.75) is 19.7 Å². The number of aliphatic hydroxyl groups is 1. The van der Waals surface area contributed by atoms with Crippen LogP contribution in [0.15, 0.2) is 5.10 Å². The first-order valence-electron chi connectivity index (χ1n) is 4.27. The molecule has 15 heavy (non-hydrogen) atoms. The van der Waals surface area contributed by atoms with Gasteiger partial charge >= 0.3 is 5.97 Å². The zero-order valence-corrected chi connectivity index (χ0v) is 7.98. The highest BCUT2D eigenvalue weighted by Gasteiger charge is 2.33. The summed E-state index contributed by atoms with van der Waals surface area (Å²) in [6.45, 7) is 1.28. The van der Waals surface area contributed by atoms with Crippen LogP contribution in [0.2, 0.25) is 0 Å². The Morgan fingerprint density at radius 1 is 1.80 bits per heavy atom. The van der Waals surface area contributed by atoms with Gasteiger partial charge in [-0.25, -0.2) is 8.78 Å². The fraction of sp³-hybridized carbons (Fsp3) is 0.714. The summed E-state index contributed by atoms with van der Waals surface area (Å²) in [5.41, 5.74) is 2.03. The number of amidine groups is 1. The molecule has 1 unspecified atom stereocenters. The summed E-state index contributed by atoms with van der Waals surface area (Å²) in [5.74, 6) is -1.37. The maximum absolute atomic E-state index is 12.3. The molecule has 0 aromatic rings. The van der Waals surface area contributed by atoms with Crippen LogP contribution < -0.4 is 5.43 Å². The predicted molar refractivity (Wildman–Crippen MR) is 45.9 cm³/mol. The molecule has 1 rings (SSSR count). The quantitative estimate of drug-likeness (QED) is 0.617. The molecule has 0 aromatic heterocycles. The largest absolute Gasteiger partial charge is 0.465 e. The van der Waals surface area contributed by atoms with Gasteiger partial charge in [0.05, 0.1) is 6.61 Å². The van der Waals surface area contributed by atoms with Gasteiger partial charge in [-0.05, 0) is 6.92 Å². The monoisotopic (exact) mass is 223 g/mol. The third-order valence-electron chi connectivity index (χ3n) is 1.68. The Labute approximate surface area is 84.5 Å². The maximum Gasteiger partial charge on any atom is 0.325 e. The van der Waals surface area contributed by atoms with Gasteiger partial charge in [-0.1, -0.05) is 0 Å². The topological polar surface area (TPSA) is 74.2 Å². The lowest BCUT2D eigenvalue weighted by Crippen LogP contribution is -2.45. The Morgan fingerprint density at radius 2 is 2.47 bits per heavy atom. The van der Waals surface area contributed by atoms with Crippen LogP contribution in [0.25, 0.3) is 0 Å². The number of alkyl halides is 2. The number of carbonyl (C=O) groups is 1. The van der Waals surface area contributed by atoms with E-state index in [1.165, 1.54) is 0 Å². The van der Waals surface area contributed by atoms with Crippen molar-refractivity contribution < 1.29 is 23.4 Å². The highest BCUT2D eigenvalue weighted by molar-refractivity contribution is 5.89. The fourth-order valence-corrected chi connectivity index (χ4v) is 1.07. The molecule has 0 aromatic carbocycles. The second-order valence-electron chi connectivity index (χ2n) is 2.71. The average Bonchev–Trinajstić information content (AvgIpc) is 2.48. The second kappa shape index (κ2) is 4.87. The van der Waals surface area contributed by atoms with E-state index in [2.05, 4.69) is 9.84 Å². The number of rotatable bonds is 4. The third-order valence-corrected chi connectivity index (χ3v) is 1.68. The number of aliphatic hydroxyl groups excluding tert-OH is 1. The molecule has 86 valence electrons. The highest BCUT2D eigenvalue weighted by atomic mass is 19.3. The maximum atomic E-state index is 12.3. The zero-order valence-electron chi connectivity index (χ0n) is 7.98. The van der Waals surface area contributed by atoms with Gasteiger partial charge in [0.25, 0.3) is 6.43 Å². The van der Waals surface area contributed by atoms with Crippen LogP contribution in [0.4, 0.5) is 8.78 Å². The van der Waals surface area contributed by atoms with Crippen LogP contribution in [0.3, 0.4) is 0 Å². The molecule has 2 N–H and O–H groups in total. The first-order chi connectivity index (χ1) is 7.06. The summed E-state index contributed by atoms with van der Waals surface area (Å²) in [6.07, 6.45) is -4.28. The van der Waals surface area contributed by atoms with Gasteiger partial charge in [0.2, 0.25) is 6.35 Å². The Hall–Kier alpha value is -1.44. The number of hydrogen-bond donors (Lipinski definition) is 2. The van der Waals surface area contributed by atoms with Crippen molar-refractivity contribution in [3.8, 4) is 0 Å². The van der Waals surface area contributed by atoms with Crippen LogP contribution in [0.5, 0.6) is 0 Å². The van der Waals surface area contributed by atoms with E-state index in [1.807, 2.05) is 5.43 Å². The minimum absolute atomic E-state index is 0.150. The molecule has 1 aliphatic rings. The number of carbonyl (C=O) groups excluding carboxylic acids is 1. The normalized spacial score (nSPS) is 20.2. The van der Waals surface area contributed by atoms with E-state index >= 15 is 0 Å². The highest BCUT2D eigenvalue weighted by Crippen LogP contribution is 2.10. The van der Waals surface area contributed by atoms with Crippen LogP contribution in [0, 0.1) is 0 Å². The SMILES string of the molecule is CCOC(=O)CN1C(C(F)F)=NNC1O. The van der Waals surface area contributed by atoms with Crippen molar-refractivity contribution in [1.82, 2.24) is 10.3 Å². The fourth-order valence-electron chi connectivity index (χ4n) is 1.07. The number of hydrogen-bond acceptors (Lipinski definition) is 6. The first-order valence-corrected chi connectivity index (χ1v) is 4.27. The van der Waals surface area contributed by atoms with Crippen LogP contribution in [-0.4, -0.2) is 47.7 Å². The van der Waals surface area contributed by atoms with Crippen molar-refractivity contribution in [1.29, 1.82) is 0 Å². The summed E-state index contributed by atoms with van der Waals surface area (Å²) in [5, 5.41) is 12.4. The molecular weight excluding hydrogens is 212 g/mol. The van der Waals surface area contributed by atoms with Crippen molar-refractivity contribution in [3.63, 3.8) is 0 Å². The summed E-state index contributed by atoms with van der Waals surface area (Å²) >= 11 is 0. The van der Waals surface area contributed by atoms with Crippen molar-refractivity contribution in [2.75, 3.05) is 13.2 Å². The molecule has 6 nitrogen and oxygen atoms in total. The molecule has 0 amide bonds. The molecule has 0 aliphatic carbocycles. The summed E-state index contributed by atoms with van der Waals surface area (Å²) in [4.78, 5) is 11.7. The standard InChI is InChI=1S/C7H11F2N3O3/c1-2-15-4(13)3-12-6(5(8)9)10-11-7(12)14/h5,7,11,14H,2-3H2,1H3. The van der Waals surface area contributed by atoms with Crippen molar-refractivity contribution in [3.05, 3.63) is 0 Å².